The summed E-state index contributed by atoms with van der Waals surface area (Å²) in [6.07, 6.45) is 1.40. The van der Waals surface area contributed by atoms with Gasteiger partial charge in [0, 0.05) is 0 Å². The summed E-state index contributed by atoms with van der Waals surface area (Å²) < 4.78 is 0. The number of hydrogen-bond acceptors (Lipinski definition) is 2. The first-order valence-electron chi connectivity index (χ1n) is 4.34. The third-order valence-corrected chi connectivity index (χ3v) is 2.60. The minimum Gasteiger partial charge on any atom is -1.00 e. The number of carboxylic acid groups (broad SMARTS) is 2. The molecular formula is C9H18MgO4. The minimum absolute atomic E-state index is 0. The van der Waals surface area contributed by atoms with Crippen molar-refractivity contribution in [3.8, 4) is 0 Å². The summed E-state index contributed by atoms with van der Waals surface area (Å²) in [5, 5.41) is 17.6. The third-order valence-electron chi connectivity index (χ3n) is 2.60. The van der Waals surface area contributed by atoms with Crippen molar-refractivity contribution in [3.05, 3.63) is 0 Å². The Balaban J connectivity index is -0.000000240. The molecule has 80 valence electrons. The molecule has 0 aliphatic carbocycles. The van der Waals surface area contributed by atoms with Crippen LogP contribution in [0.5, 0.6) is 0 Å². The Kier molecular flexibility index (Phi) is 7.20. The van der Waals surface area contributed by atoms with Crippen LogP contribution in [0.3, 0.4) is 0 Å². The van der Waals surface area contributed by atoms with Crippen LogP contribution >= 0.6 is 0 Å². The number of aliphatic carboxylic acids is 2. The molecule has 4 nitrogen and oxygen atoms in total. The fourth-order valence-corrected chi connectivity index (χ4v) is 1.23. The Morgan fingerprint density at radius 3 is 1.93 bits per heavy atom. The largest absolute Gasteiger partial charge is 2.00 e. The van der Waals surface area contributed by atoms with E-state index in [1.165, 1.54) is 6.92 Å². The fraction of sp³-hybridized carbons (Fsp3) is 0.778. The molecule has 1 atom stereocenters. The number of carboxylic acids is 2. The molecule has 5 heteroatoms. The first kappa shape index (κ1) is 16.1. The molecule has 0 heterocycles. The van der Waals surface area contributed by atoms with E-state index in [2.05, 4.69) is 0 Å². The van der Waals surface area contributed by atoms with E-state index >= 15 is 0 Å². The van der Waals surface area contributed by atoms with E-state index < -0.39 is 17.4 Å². The maximum Gasteiger partial charge on any atom is 2.00 e. The second-order valence-corrected chi connectivity index (χ2v) is 3.50. The molecular weight excluding hydrogens is 196 g/mol. The summed E-state index contributed by atoms with van der Waals surface area (Å²) in [5.41, 5.74) is -1.66. The zero-order valence-electron chi connectivity index (χ0n) is 10.9. The molecule has 0 aromatic rings. The number of hydrogen-bond donors (Lipinski definition) is 2. The molecule has 0 aliphatic rings. The van der Waals surface area contributed by atoms with E-state index in [-0.39, 0.29) is 31.8 Å². The van der Waals surface area contributed by atoms with E-state index in [1.54, 1.807) is 6.92 Å². The van der Waals surface area contributed by atoms with Crippen molar-refractivity contribution in [2.75, 3.05) is 0 Å². The van der Waals surface area contributed by atoms with Crippen LogP contribution in [-0.2, 0) is 9.59 Å². The molecule has 0 radical (unpaired) electrons. The second kappa shape index (κ2) is 6.24. The normalized spacial score (nSPS) is 12.8. The van der Waals surface area contributed by atoms with Gasteiger partial charge in [-0.3, -0.25) is 9.59 Å². The maximum atomic E-state index is 10.8. The predicted octanol–water partition coefficient (Wildman–Crippen LogP) is 1.44. The molecule has 0 saturated heterocycles. The predicted molar refractivity (Wildman–Crippen MR) is 55.4 cm³/mol. The SMILES string of the molecule is CCCC(C)C(C)(C(=O)O)C(=O)O.[H-].[H-].[Mg+2]. The van der Waals surface area contributed by atoms with Gasteiger partial charge in [-0.2, -0.15) is 0 Å². The molecule has 2 N–H and O–H groups in total. The monoisotopic (exact) mass is 214 g/mol. The van der Waals surface area contributed by atoms with Crippen molar-refractivity contribution in [1.82, 2.24) is 0 Å². The van der Waals surface area contributed by atoms with Crippen molar-refractivity contribution >= 4 is 35.0 Å². The van der Waals surface area contributed by atoms with Crippen LogP contribution in [0.1, 0.15) is 36.5 Å². The quantitative estimate of drug-likeness (QED) is 0.536. The summed E-state index contributed by atoms with van der Waals surface area (Å²) in [5.74, 6) is -2.88. The van der Waals surface area contributed by atoms with Crippen LogP contribution in [0.25, 0.3) is 0 Å². The van der Waals surface area contributed by atoms with Gasteiger partial charge in [0.2, 0.25) is 0 Å². The van der Waals surface area contributed by atoms with E-state index in [1.807, 2.05) is 6.92 Å². The molecule has 0 aliphatic heterocycles. The molecule has 0 spiro atoms. The zero-order chi connectivity index (χ0) is 10.6. The van der Waals surface area contributed by atoms with Crippen molar-refractivity contribution in [2.24, 2.45) is 11.3 Å². The van der Waals surface area contributed by atoms with Crippen molar-refractivity contribution in [3.63, 3.8) is 0 Å². The summed E-state index contributed by atoms with van der Waals surface area (Å²) in [6, 6.07) is 0. The van der Waals surface area contributed by atoms with E-state index in [9.17, 15) is 9.59 Å². The van der Waals surface area contributed by atoms with E-state index in [0.29, 0.717) is 6.42 Å². The van der Waals surface area contributed by atoms with Gasteiger partial charge in [0.05, 0.1) is 0 Å². The van der Waals surface area contributed by atoms with Crippen molar-refractivity contribution < 1.29 is 22.7 Å². The molecule has 0 fully saturated rings. The molecule has 0 saturated carbocycles. The smallest absolute Gasteiger partial charge is 1.00 e. The van der Waals surface area contributed by atoms with Gasteiger partial charge in [0.15, 0.2) is 5.41 Å². The maximum absolute atomic E-state index is 10.8. The van der Waals surface area contributed by atoms with Crippen molar-refractivity contribution in [2.45, 2.75) is 33.6 Å². The van der Waals surface area contributed by atoms with Crippen LogP contribution in [-0.4, -0.2) is 45.2 Å². The summed E-state index contributed by atoms with van der Waals surface area (Å²) in [6.45, 7) is 4.82. The van der Waals surface area contributed by atoms with Crippen LogP contribution in [0.2, 0.25) is 0 Å². The van der Waals surface area contributed by atoms with Crippen LogP contribution in [0.4, 0.5) is 0 Å². The average molecular weight is 215 g/mol. The standard InChI is InChI=1S/C9H16O4.Mg.2H/c1-4-5-6(2)9(3,7(10)11)8(12)13;;;/h6H,4-5H2,1-3H3,(H,10,11)(H,12,13);;;/q;+2;2*-1. The Labute approximate surface area is 103 Å². The van der Waals surface area contributed by atoms with Gasteiger partial charge in [-0.25, -0.2) is 0 Å². The molecule has 1 unspecified atom stereocenters. The average Bonchev–Trinajstić information content (AvgIpc) is 2.02. The Bertz CT molecular complexity index is 210. The first-order valence-corrected chi connectivity index (χ1v) is 4.34. The van der Waals surface area contributed by atoms with Gasteiger partial charge in [-0.1, -0.05) is 20.3 Å². The summed E-state index contributed by atoms with van der Waals surface area (Å²) in [7, 11) is 0. The third kappa shape index (κ3) is 3.13. The Morgan fingerprint density at radius 1 is 1.36 bits per heavy atom. The molecule has 0 rings (SSSR count). The van der Waals surface area contributed by atoms with Crippen LogP contribution in [0, 0.1) is 11.3 Å². The number of rotatable bonds is 5. The summed E-state index contributed by atoms with van der Waals surface area (Å²) in [4.78, 5) is 21.6. The van der Waals surface area contributed by atoms with Gasteiger partial charge < -0.3 is 13.1 Å². The van der Waals surface area contributed by atoms with E-state index in [4.69, 9.17) is 10.2 Å². The molecule has 0 aromatic heterocycles. The first-order chi connectivity index (χ1) is 5.87. The topological polar surface area (TPSA) is 74.6 Å². The second-order valence-electron chi connectivity index (χ2n) is 3.50. The molecule has 0 aromatic carbocycles. The van der Waals surface area contributed by atoms with E-state index in [0.717, 1.165) is 6.42 Å². The van der Waals surface area contributed by atoms with Gasteiger partial charge in [0.1, 0.15) is 0 Å². The van der Waals surface area contributed by atoms with Gasteiger partial charge in [-0.15, -0.1) is 0 Å². The number of carbonyl (C=O) groups is 2. The van der Waals surface area contributed by atoms with Gasteiger partial charge in [-0.05, 0) is 19.3 Å². The van der Waals surface area contributed by atoms with Crippen molar-refractivity contribution in [1.29, 1.82) is 0 Å². The molecule has 0 amide bonds. The molecule has 14 heavy (non-hydrogen) atoms. The minimum atomic E-state index is -1.66. The summed E-state index contributed by atoms with van der Waals surface area (Å²) >= 11 is 0. The Hall–Kier alpha value is -0.294. The fourth-order valence-electron chi connectivity index (χ4n) is 1.23. The van der Waals surface area contributed by atoms with Gasteiger partial charge in [0.25, 0.3) is 0 Å². The van der Waals surface area contributed by atoms with Gasteiger partial charge >= 0.3 is 35.0 Å². The van der Waals surface area contributed by atoms with Crippen LogP contribution in [0.15, 0.2) is 0 Å². The molecule has 0 bridgehead atoms. The van der Waals surface area contributed by atoms with Crippen LogP contribution < -0.4 is 0 Å². The Morgan fingerprint density at radius 2 is 1.71 bits per heavy atom. The zero-order valence-corrected chi connectivity index (χ0v) is 10.3.